The number of carboxylic acid groups (broad SMARTS) is 1. The second kappa shape index (κ2) is 6.78. The van der Waals surface area contributed by atoms with E-state index < -0.39 is 17.4 Å². The molecule has 0 radical (unpaired) electrons. The van der Waals surface area contributed by atoms with Crippen LogP contribution in [-0.4, -0.2) is 38.4 Å². The maximum atomic E-state index is 12.1. The third-order valence-corrected chi connectivity index (χ3v) is 3.23. The molecule has 0 aromatic heterocycles. The molecule has 21 heavy (non-hydrogen) atoms. The van der Waals surface area contributed by atoms with E-state index in [-0.39, 0.29) is 12.0 Å². The molecule has 0 unspecified atom stereocenters. The highest BCUT2D eigenvalue weighted by Gasteiger charge is 2.48. The minimum Gasteiger partial charge on any atom is -0.493 e. The molecule has 0 fully saturated rings. The molecule has 0 saturated carbocycles. The van der Waals surface area contributed by atoms with Gasteiger partial charge in [0.1, 0.15) is 0 Å². The maximum Gasteiger partial charge on any atom is 0.328 e. The van der Waals surface area contributed by atoms with Crippen molar-refractivity contribution in [1.29, 1.82) is 0 Å². The van der Waals surface area contributed by atoms with Crippen molar-refractivity contribution < 1.29 is 28.9 Å². The predicted molar refractivity (Wildman–Crippen MR) is 75.7 cm³/mol. The molecule has 0 bridgehead atoms. The maximum absolute atomic E-state index is 12.1. The first-order valence-electron chi connectivity index (χ1n) is 6.13. The molecule has 6 nitrogen and oxygen atoms in total. The monoisotopic (exact) mass is 294 g/mol. The Morgan fingerprint density at radius 3 is 2.29 bits per heavy atom. The third-order valence-electron chi connectivity index (χ3n) is 3.23. The van der Waals surface area contributed by atoms with E-state index in [1.807, 2.05) is 0 Å². The fourth-order valence-electron chi connectivity index (χ4n) is 2.11. The Hall–Kier alpha value is -2.50. The molecule has 1 rings (SSSR count). The second-order valence-corrected chi connectivity index (χ2v) is 4.26. The Kier molecular flexibility index (Phi) is 5.35. The number of aliphatic carboxylic acids is 1. The van der Waals surface area contributed by atoms with Crippen molar-refractivity contribution in [3.05, 3.63) is 36.4 Å². The minimum absolute atomic E-state index is 0.107. The average molecular weight is 294 g/mol. The summed E-state index contributed by atoms with van der Waals surface area (Å²) in [6, 6.07) is 4.49. The molecular weight excluding hydrogens is 276 g/mol. The molecule has 0 aliphatic carbocycles. The number of carboxylic acids is 1. The lowest BCUT2D eigenvalue weighted by molar-refractivity contribution is -0.159. The summed E-state index contributed by atoms with van der Waals surface area (Å²) in [5.41, 5.74) is -1.63. The van der Waals surface area contributed by atoms with Crippen molar-refractivity contribution >= 4 is 11.9 Å². The van der Waals surface area contributed by atoms with Gasteiger partial charge in [0.25, 0.3) is 0 Å². The number of allylic oxidation sites excluding steroid dienone is 1. The highest BCUT2D eigenvalue weighted by molar-refractivity contribution is 6.05. The van der Waals surface area contributed by atoms with E-state index in [0.717, 1.165) is 7.11 Å². The van der Waals surface area contributed by atoms with Gasteiger partial charge >= 0.3 is 11.9 Å². The van der Waals surface area contributed by atoms with Gasteiger partial charge in [0.2, 0.25) is 0 Å². The van der Waals surface area contributed by atoms with E-state index in [1.54, 1.807) is 0 Å². The summed E-state index contributed by atoms with van der Waals surface area (Å²) in [7, 11) is 4.03. The fraction of sp³-hybridized carbons (Fsp3) is 0.333. The number of carbonyl (C=O) groups is 2. The molecule has 0 heterocycles. The van der Waals surface area contributed by atoms with E-state index in [1.165, 1.54) is 38.5 Å². The molecule has 1 aromatic rings. The average Bonchev–Trinajstić information content (AvgIpc) is 2.50. The first kappa shape index (κ1) is 16.6. The minimum atomic E-state index is -1.87. The van der Waals surface area contributed by atoms with Crippen LogP contribution in [0.15, 0.2) is 30.9 Å². The molecule has 1 aromatic carbocycles. The van der Waals surface area contributed by atoms with Gasteiger partial charge in [0, 0.05) is 0 Å². The third kappa shape index (κ3) is 2.84. The second-order valence-electron chi connectivity index (χ2n) is 4.26. The van der Waals surface area contributed by atoms with E-state index in [2.05, 4.69) is 11.3 Å². The summed E-state index contributed by atoms with van der Waals surface area (Å²) < 4.78 is 14.9. The zero-order valence-electron chi connectivity index (χ0n) is 12.2. The van der Waals surface area contributed by atoms with Gasteiger partial charge in [-0.2, -0.15) is 0 Å². The lowest BCUT2D eigenvalue weighted by Crippen LogP contribution is -2.44. The molecular formula is C15H18O6. The Labute approximate surface area is 122 Å². The number of benzene rings is 1. The van der Waals surface area contributed by atoms with E-state index in [4.69, 9.17) is 9.47 Å². The highest BCUT2D eigenvalue weighted by atomic mass is 16.5. The fourth-order valence-corrected chi connectivity index (χ4v) is 2.11. The molecule has 0 amide bonds. The number of hydrogen-bond acceptors (Lipinski definition) is 5. The van der Waals surface area contributed by atoms with E-state index >= 15 is 0 Å². The van der Waals surface area contributed by atoms with Crippen LogP contribution >= 0.6 is 0 Å². The Morgan fingerprint density at radius 2 is 1.86 bits per heavy atom. The van der Waals surface area contributed by atoms with Crippen molar-refractivity contribution in [3.8, 4) is 11.5 Å². The van der Waals surface area contributed by atoms with Crippen LogP contribution in [0.5, 0.6) is 11.5 Å². The molecule has 114 valence electrons. The SMILES string of the molecule is C=CC[C@@](C(=O)O)(C(=O)OC)c1ccc(OC)c(OC)c1. The van der Waals surface area contributed by atoms with Gasteiger partial charge in [0.15, 0.2) is 16.9 Å². The van der Waals surface area contributed by atoms with Gasteiger partial charge in [-0.1, -0.05) is 12.1 Å². The molecule has 1 N–H and O–H groups in total. The number of hydrogen-bond donors (Lipinski definition) is 1. The van der Waals surface area contributed by atoms with Crippen molar-refractivity contribution in [3.63, 3.8) is 0 Å². The van der Waals surface area contributed by atoms with Crippen LogP contribution in [0, 0.1) is 0 Å². The van der Waals surface area contributed by atoms with Crippen molar-refractivity contribution in [2.45, 2.75) is 11.8 Å². The number of rotatable bonds is 7. The van der Waals surface area contributed by atoms with Gasteiger partial charge in [-0.25, -0.2) is 0 Å². The topological polar surface area (TPSA) is 82.1 Å². The molecule has 0 aliphatic heterocycles. The van der Waals surface area contributed by atoms with Crippen LogP contribution in [-0.2, 0) is 19.7 Å². The predicted octanol–water partition coefficient (Wildman–Crippen LogP) is 1.78. The van der Waals surface area contributed by atoms with Crippen LogP contribution < -0.4 is 9.47 Å². The van der Waals surface area contributed by atoms with Gasteiger partial charge in [-0.15, -0.1) is 6.58 Å². The zero-order chi connectivity index (χ0) is 16.0. The van der Waals surface area contributed by atoms with Gasteiger partial charge in [0.05, 0.1) is 21.3 Å². The standard InChI is InChI=1S/C15H18O6/c1-5-8-15(13(16)17,14(18)21-4)10-6-7-11(19-2)12(9-10)20-3/h5-7,9H,1,8H2,2-4H3,(H,16,17)/t15-/m1/s1. The van der Waals surface area contributed by atoms with Crippen molar-refractivity contribution in [2.24, 2.45) is 0 Å². The van der Waals surface area contributed by atoms with Crippen LogP contribution in [0.1, 0.15) is 12.0 Å². The lowest BCUT2D eigenvalue weighted by Gasteiger charge is -2.26. The van der Waals surface area contributed by atoms with Crippen LogP contribution in [0.3, 0.4) is 0 Å². The Balaban J connectivity index is 3.55. The summed E-state index contributed by atoms with van der Waals surface area (Å²) in [4.78, 5) is 23.8. The summed E-state index contributed by atoms with van der Waals surface area (Å²) in [6.07, 6.45) is 1.26. The molecule has 0 saturated heterocycles. The summed E-state index contributed by atoms with van der Waals surface area (Å²) in [5.74, 6) is -1.43. The number of methoxy groups -OCH3 is 3. The van der Waals surface area contributed by atoms with Crippen LogP contribution in [0.2, 0.25) is 0 Å². The van der Waals surface area contributed by atoms with E-state index in [0.29, 0.717) is 11.5 Å². The summed E-state index contributed by atoms with van der Waals surface area (Å²) in [5, 5.41) is 9.58. The molecule has 6 heteroatoms. The molecule has 0 spiro atoms. The Bertz CT molecular complexity index is 551. The smallest absolute Gasteiger partial charge is 0.328 e. The highest BCUT2D eigenvalue weighted by Crippen LogP contribution is 2.36. The number of ether oxygens (including phenoxy) is 3. The normalized spacial score (nSPS) is 12.9. The van der Waals surface area contributed by atoms with E-state index in [9.17, 15) is 14.7 Å². The summed E-state index contributed by atoms with van der Waals surface area (Å²) >= 11 is 0. The lowest BCUT2D eigenvalue weighted by atomic mass is 9.77. The number of esters is 1. The summed E-state index contributed by atoms with van der Waals surface area (Å²) in [6.45, 7) is 3.52. The number of carbonyl (C=O) groups excluding carboxylic acids is 1. The largest absolute Gasteiger partial charge is 0.493 e. The first-order chi connectivity index (χ1) is 9.97. The van der Waals surface area contributed by atoms with Crippen LogP contribution in [0.25, 0.3) is 0 Å². The Morgan fingerprint density at radius 1 is 1.24 bits per heavy atom. The first-order valence-corrected chi connectivity index (χ1v) is 6.13. The van der Waals surface area contributed by atoms with Crippen molar-refractivity contribution in [1.82, 2.24) is 0 Å². The molecule has 0 aliphatic rings. The van der Waals surface area contributed by atoms with Gasteiger partial charge in [-0.3, -0.25) is 9.59 Å². The van der Waals surface area contributed by atoms with Gasteiger partial charge in [-0.05, 0) is 24.1 Å². The van der Waals surface area contributed by atoms with Gasteiger partial charge < -0.3 is 19.3 Å². The molecule has 1 atom stereocenters. The quantitative estimate of drug-likeness (QED) is 0.469. The zero-order valence-corrected chi connectivity index (χ0v) is 12.2. The van der Waals surface area contributed by atoms with Crippen molar-refractivity contribution in [2.75, 3.05) is 21.3 Å². The van der Waals surface area contributed by atoms with Crippen LogP contribution in [0.4, 0.5) is 0 Å².